The third-order valence-corrected chi connectivity index (χ3v) is 4.83. The molecule has 0 atom stereocenters. The Morgan fingerprint density at radius 3 is 2.84 bits per heavy atom. The predicted molar refractivity (Wildman–Crippen MR) is 119 cm³/mol. The minimum absolute atomic E-state index is 0.440. The zero-order chi connectivity index (χ0) is 21.5. The smallest absolute Gasteiger partial charge is 0.153 e. The lowest BCUT2D eigenvalue weighted by Crippen LogP contribution is -2.36. The first kappa shape index (κ1) is 20.5. The van der Waals surface area contributed by atoms with E-state index in [1.165, 1.54) is 0 Å². The van der Waals surface area contributed by atoms with Crippen molar-refractivity contribution in [1.29, 1.82) is 5.26 Å². The summed E-state index contributed by atoms with van der Waals surface area (Å²) >= 11 is 0. The van der Waals surface area contributed by atoms with Crippen molar-refractivity contribution in [1.82, 2.24) is 15.2 Å². The van der Waals surface area contributed by atoms with E-state index < -0.39 is 0 Å². The van der Waals surface area contributed by atoms with Crippen LogP contribution in [0.25, 0.3) is 0 Å². The van der Waals surface area contributed by atoms with Crippen molar-refractivity contribution in [2.45, 2.75) is 6.92 Å². The van der Waals surface area contributed by atoms with Crippen LogP contribution in [-0.4, -0.2) is 54.6 Å². The second-order valence-electron chi connectivity index (χ2n) is 7.14. The van der Waals surface area contributed by atoms with Crippen molar-refractivity contribution < 1.29 is 9.47 Å². The number of nitrogens with one attached hydrogen (secondary N) is 3. The SMILES string of the molecule is Cc1cc(Nc2ccc(C#N)c(NCCOc3cccc(N4CCOCC4)c3)n2)n[nH]1. The van der Waals surface area contributed by atoms with E-state index in [2.05, 4.69) is 42.9 Å². The maximum absolute atomic E-state index is 9.38. The highest BCUT2D eigenvalue weighted by molar-refractivity contribution is 5.60. The Hall–Kier alpha value is -3.77. The van der Waals surface area contributed by atoms with Crippen molar-refractivity contribution in [3.05, 3.63) is 53.7 Å². The molecular formula is C22H25N7O2. The second kappa shape index (κ2) is 9.82. The Morgan fingerprint density at radius 1 is 1.19 bits per heavy atom. The van der Waals surface area contributed by atoms with Gasteiger partial charge < -0.3 is 25.0 Å². The first-order valence-corrected chi connectivity index (χ1v) is 10.2. The molecule has 3 N–H and O–H groups in total. The zero-order valence-corrected chi connectivity index (χ0v) is 17.4. The number of aromatic amines is 1. The quantitative estimate of drug-likeness (QED) is 0.478. The second-order valence-corrected chi connectivity index (χ2v) is 7.14. The fraction of sp³-hybridized carbons (Fsp3) is 0.318. The molecule has 160 valence electrons. The molecule has 0 spiro atoms. The van der Waals surface area contributed by atoms with Crippen molar-refractivity contribution in [3.63, 3.8) is 0 Å². The van der Waals surface area contributed by atoms with Crippen LogP contribution >= 0.6 is 0 Å². The molecule has 0 bridgehead atoms. The molecule has 3 heterocycles. The standard InChI is InChI=1S/C22H25N7O2/c1-16-13-21(28-27-16)25-20-6-5-17(15-23)22(26-20)24-7-10-31-19-4-2-3-18(14-19)29-8-11-30-12-9-29/h2-6,13-14H,7-12H2,1H3,(H3,24,25,26,27,28). The van der Waals surface area contributed by atoms with E-state index in [0.717, 1.165) is 43.4 Å². The predicted octanol–water partition coefficient (Wildman–Crippen LogP) is 3.06. The first-order chi connectivity index (χ1) is 15.2. The monoisotopic (exact) mass is 419 g/mol. The van der Waals surface area contributed by atoms with Crippen LogP contribution in [0.15, 0.2) is 42.5 Å². The average molecular weight is 419 g/mol. The molecule has 0 saturated carbocycles. The maximum atomic E-state index is 9.38. The molecule has 4 rings (SSSR count). The summed E-state index contributed by atoms with van der Waals surface area (Å²) in [6.45, 7) is 6.14. The van der Waals surface area contributed by atoms with Gasteiger partial charge in [0.2, 0.25) is 0 Å². The van der Waals surface area contributed by atoms with Gasteiger partial charge in [-0.25, -0.2) is 4.98 Å². The topological polar surface area (TPSA) is 111 Å². The van der Waals surface area contributed by atoms with Gasteiger partial charge in [0.05, 0.1) is 25.3 Å². The molecule has 2 aromatic heterocycles. The van der Waals surface area contributed by atoms with E-state index >= 15 is 0 Å². The lowest BCUT2D eigenvalue weighted by Gasteiger charge is -2.29. The third-order valence-electron chi connectivity index (χ3n) is 4.83. The van der Waals surface area contributed by atoms with E-state index in [9.17, 15) is 5.26 Å². The van der Waals surface area contributed by atoms with Gasteiger partial charge in [0, 0.05) is 36.6 Å². The van der Waals surface area contributed by atoms with Gasteiger partial charge >= 0.3 is 0 Å². The first-order valence-electron chi connectivity index (χ1n) is 10.2. The van der Waals surface area contributed by atoms with Crippen LogP contribution in [0, 0.1) is 18.3 Å². The zero-order valence-electron chi connectivity index (χ0n) is 17.4. The van der Waals surface area contributed by atoms with Crippen molar-refractivity contribution in [2.75, 3.05) is 55.0 Å². The lowest BCUT2D eigenvalue weighted by atomic mass is 10.2. The van der Waals surface area contributed by atoms with E-state index in [1.807, 2.05) is 31.2 Å². The van der Waals surface area contributed by atoms with Gasteiger partial charge in [0.25, 0.3) is 0 Å². The number of H-pyrrole nitrogens is 1. The number of nitrogens with zero attached hydrogens (tertiary/aromatic N) is 4. The summed E-state index contributed by atoms with van der Waals surface area (Å²) in [5.74, 6) is 2.59. The highest BCUT2D eigenvalue weighted by atomic mass is 16.5. The van der Waals surface area contributed by atoms with Crippen LogP contribution < -0.4 is 20.3 Å². The minimum atomic E-state index is 0.440. The van der Waals surface area contributed by atoms with E-state index in [-0.39, 0.29) is 0 Å². The Morgan fingerprint density at radius 2 is 2.06 bits per heavy atom. The largest absolute Gasteiger partial charge is 0.492 e. The van der Waals surface area contributed by atoms with Gasteiger partial charge in [-0.2, -0.15) is 10.4 Å². The summed E-state index contributed by atoms with van der Waals surface area (Å²) in [6, 6.07) is 15.6. The fourth-order valence-electron chi connectivity index (χ4n) is 3.30. The van der Waals surface area contributed by atoms with Crippen LogP contribution in [0.4, 0.5) is 23.1 Å². The number of aryl methyl sites for hydroxylation is 1. The Bertz CT molecular complexity index is 1050. The number of hydrogen-bond acceptors (Lipinski definition) is 8. The van der Waals surface area contributed by atoms with Gasteiger partial charge in [-0.15, -0.1) is 0 Å². The Kier molecular flexibility index (Phi) is 6.50. The average Bonchev–Trinajstić information content (AvgIpc) is 3.22. The van der Waals surface area contributed by atoms with Gasteiger partial charge in [-0.3, -0.25) is 5.10 Å². The minimum Gasteiger partial charge on any atom is -0.492 e. The number of hydrogen-bond donors (Lipinski definition) is 3. The summed E-state index contributed by atoms with van der Waals surface area (Å²) in [7, 11) is 0. The van der Waals surface area contributed by atoms with Crippen molar-refractivity contribution >= 4 is 23.1 Å². The van der Waals surface area contributed by atoms with E-state index in [1.54, 1.807) is 12.1 Å². The molecule has 9 nitrogen and oxygen atoms in total. The molecule has 9 heteroatoms. The highest BCUT2D eigenvalue weighted by Crippen LogP contribution is 2.22. The third kappa shape index (κ3) is 5.43. The molecule has 0 amide bonds. The normalized spacial score (nSPS) is 13.5. The highest BCUT2D eigenvalue weighted by Gasteiger charge is 2.12. The molecule has 31 heavy (non-hydrogen) atoms. The molecule has 3 aromatic rings. The summed E-state index contributed by atoms with van der Waals surface area (Å²) in [5, 5.41) is 22.7. The molecule has 0 unspecified atom stereocenters. The molecule has 1 saturated heterocycles. The fourth-order valence-corrected chi connectivity index (χ4v) is 3.30. The molecule has 1 aromatic carbocycles. The van der Waals surface area contributed by atoms with Gasteiger partial charge in [-0.05, 0) is 31.2 Å². The number of nitriles is 1. The summed E-state index contributed by atoms with van der Waals surface area (Å²) in [6.07, 6.45) is 0. The summed E-state index contributed by atoms with van der Waals surface area (Å²) in [5.41, 5.74) is 2.55. The van der Waals surface area contributed by atoms with Crippen molar-refractivity contribution in [3.8, 4) is 11.8 Å². The number of aromatic nitrogens is 3. The van der Waals surface area contributed by atoms with E-state index in [0.29, 0.717) is 36.2 Å². The summed E-state index contributed by atoms with van der Waals surface area (Å²) < 4.78 is 11.3. The molecule has 0 aliphatic carbocycles. The Balaban J connectivity index is 1.33. The number of benzene rings is 1. The molecule has 0 radical (unpaired) electrons. The molecule has 1 aliphatic heterocycles. The number of anilines is 4. The van der Waals surface area contributed by atoms with Gasteiger partial charge in [-0.1, -0.05) is 6.07 Å². The number of ether oxygens (including phenoxy) is 2. The van der Waals surface area contributed by atoms with Crippen LogP contribution in [0.5, 0.6) is 5.75 Å². The molecule has 1 aliphatic rings. The summed E-state index contributed by atoms with van der Waals surface area (Å²) in [4.78, 5) is 6.78. The molecule has 1 fully saturated rings. The van der Waals surface area contributed by atoms with Gasteiger partial charge in [0.15, 0.2) is 5.82 Å². The Labute approximate surface area is 181 Å². The van der Waals surface area contributed by atoms with Crippen LogP contribution in [0.1, 0.15) is 11.3 Å². The number of rotatable bonds is 8. The van der Waals surface area contributed by atoms with Crippen molar-refractivity contribution in [2.24, 2.45) is 0 Å². The molecular weight excluding hydrogens is 394 g/mol. The van der Waals surface area contributed by atoms with Gasteiger partial charge in [0.1, 0.15) is 30.1 Å². The van der Waals surface area contributed by atoms with Crippen LogP contribution in [0.3, 0.4) is 0 Å². The maximum Gasteiger partial charge on any atom is 0.153 e. The number of pyridine rings is 1. The number of morpholine rings is 1. The van der Waals surface area contributed by atoms with Crippen LogP contribution in [0.2, 0.25) is 0 Å². The van der Waals surface area contributed by atoms with E-state index in [4.69, 9.17) is 9.47 Å². The van der Waals surface area contributed by atoms with Crippen LogP contribution in [-0.2, 0) is 4.74 Å². The lowest BCUT2D eigenvalue weighted by molar-refractivity contribution is 0.122.